The summed E-state index contributed by atoms with van der Waals surface area (Å²) in [7, 11) is -3.25. The van der Waals surface area contributed by atoms with Gasteiger partial charge in [0.05, 0.1) is 5.56 Å². The fourth-order valence-electron chi connectivity index (χ4n) is 2.88. The van der Waals surface area contributed by atoms with Gasteiger partial charge in [0, 0.05) is 12.6 Å². The second-order valence-corrected chi connectivity index (χ2v) is 8.09. The SMILES string of the molecule is CNC(=O)OCc1ccc(OS(=O)(=O)C2CCCC=C2C(C)=O)c(C(F)(F)F)c1. The zero-order chi connectivity index (χ0) is 21.8. The van der Waals surface area contributed by atoms with Crippen molar-refractivity contribution in [3.05, 3.63) is 41.0 Å². The number of allylic oxidation sites excluding steroid dienone is 1. The second-order valence-electron chi connectivity index (χ2n) is 6.37. The van der Waals surface area contributed by atoms with Crippen molar-refractivity contribution in [2.75, 3.05) is 7.05 Å². The van der Waals surface area contributed by atoms with Gasteiger partial charge in [-0.3, -0.25) is 4.79 Å². The van der Waals surface area contributed by atoms with Crippen LogP contribution in [0.1, 0.15) is 37.3 Å². The molecule has 0 fully saturated rings. The van der Waals surface area contributed by atoms with Gasteiger partial charge in [-0.25, -0.2) is 4.79 Å². The number of Topliss-reactive ketones (excluding diaryl/α,β-unsaturated/α-hetero) is 1. The molecule has 1 aliphatic rings. The third kappa shape index (κ3) is 5.72. The van der Waals surface area contributed by atoms with E-state index in [1.807, 2.05) is 0 Å². The molecule has 0 aromatic heterocycles. The Morgan fingerprint density at radius 1 is 1.28 bits per heavy atom. The molecule has 0 spiro atoms. The first kappa shape index (κ1) is 22.7. The third-order valence-corrected chi connectivity index (χ3v) is 5.86. The number of benzene rings is 1. The summed E-state index contributed by atoms with van der Waals surface area (Å²) < 4.78 is 75.1. The van der Waals surface area contributed by atoms with Gasteiger partial charge >= 0.3 is 22.4 Å². The van der Waals surface area contributed by atoms with Crippen LogP contribution in [0, 0.1) is 0 Å². The van der Waals surface area contributed by atoms with E-state index < -0.39 is 51.3 Å². The summed E-state index contributed by atoms with van der Waals surface area (Å²) in [6.07, 6.45) is -3.23. The van der Waals surface area contributed by atoms with Crippen molar-refractivity contribution in [2.45, 2.75) is 44.2 Å². The summed E-state index contributed by atoms with van der Waals surface area (Å²) in [6.45, 7) is 0.748. The van der Waals surface area contributed by atoms with Crippen molar-refractivity contribution in [1.82, 2.24) is 5.32 Å². The fourth-order valence-corrected chi connectivity index (χ4v) is 4.42. The van der Waals surface area contributed by atoms with Gasteiger partial charge in [0.1, 0.15) is 11.9 Å². The number of hydrogen-bond acceptors (Lipinski definition) is 6. The average Bonchev–Trinajstić information content (AvgIpc) is 2.65. The molecule has 1 aromatic carbocycles. The van der Waals surface area contributed by atoms with E-state index in [0.29, 0.717) is 18.9 Å². The van der Waals surface area contributed by atoms with Crippen LogP contribution < -0.4 is 9.50 Å². The standard InChI is InChI=1S/C18H20F3NO6S/c1-11(23)13-5-3-4-6-16(13)29(25,26)28-15-8-7-12(10-27-17(24)22-2)9-14(15)18(19,20)21/h5,7-9,16H,3-4,6,10H2,1-2H3,(H,22,24). The van der Waals surface area contributed by atoms with Crippen LogP contribution >= 0.6 is 0 Å². The Labute approximate surface area is 166 Å². The van der Waals surface area contributed by atoms with Crippen molar-refractivity contribution in [1.29, 1.82) is 0 Å². The largest absolute Gasteiger partial charge is 0.445 e. The number of carbonyl (C=O) groups excluding carboxylic acids is 2. The van der Waals surface area contributed by atoms with Crippen molar-refractivity contribution in [3.8, 4) is 5.75 Å². The van der Waals surface area contributed by atoms with E-state index in [-0.39, 0.29) is 17.6 Å². The molecule has 1 aliphatic carbocycles. The Morgan fingerprint density at radius 3 is 2.55 bits per heavy atom. The Bertz CT molecular complexity index is 924. The normalized spacial score (nSPS) is 17.3. The van der Waals surface area contributed by atoms with Crippen molar-refractivity contribution in [3.63, 3.8) is 0 Å². The monoisotopic (exact) mass is 435 g/mol. The maximum atomic E-state index is 13.5. The van der Waals surface area contributed by atoms with E-state index in [0.717, 1.165) is 12.1 Å². The highest BCUT2D eigenvalue weighted by molar-refractivity contribution is 7.88. The van der Waals surface area contributed by atoms with Crippen molar-refractivity contribution < 1.29 is 40.1 Å². The van der Waals surface area contributed by atoms with Gasteiger partial charge in [-0.1, -0.05) is 12.1 Å². The second kappa shape index (κ2) is 8.85. The maximum Gasteiger partial charge on any atom is 0.420 e. The Kier molecular flexibility index (Phi) is 6.93. The summed E-state index contributed by atoms with van der Waals surface area (Å²) in [5.41, 5.74) is -1.32. The van der Waals surface area contributed by atoms with Gasteiger partial charge in [0.2, 0.25) is 0 Å². The van der Waals surface area contributed by atoms with Gasteiger partial charge in [-0.2, -0.15) is 21.6 Å². The number of ether oxygens (including phenoxy) is 1. The molecule has 1 aromatic rings. The molecule has 2 rings (SSSR count). The average molecular weight is 435 g/mol. The molecule has 11 heteroatoms. The molecule has 0 bridgehead atoms. The number of carbonyl (C=O) groups is 2. The molecule has 7 nitrogen and oxygen atoms in total. The van der Waals surface area contributed by atoms with Gasteiger partial charge in [-0.05, 0) is 43.9 Å². The van der Waals surface area contributed by atoms with Gasteiger partial charge < -0.3 is 14.2 Å². The predicted molar refractivity (Wildman–Crippen MR) is 96.6 cm³/mol. The third-order valence-electron chi connectivity index (χ3n) is 4.27. The molecule has 0 radical (unpaired) electrons. The summed E-state index contributed by atoms with van der Waals surface area (Å²) in [6, 6.07) is 2.66. The fraction of sp³-hybridized carbons (Fsp3) is 0.444. The smallest absolute Gasteiger partial charge is 0.420 e. The van der Waals surface area contributed by atoms with Crippen LogP contribution in [0.4, 0.5) is 18.0 Å². The highest BCUT2D eigenvalue weighted by atomic mass is 32.2. The van der Waals surface area contributed by atoms with Crippen molar-refractivity contribution in [2.24, 2.45) is 0 Å². The van der Waals surface area contributed by atoms with Crippen molar-refractivity contribution >= 4 is 22.0 Å². The number of nitrogens with one attached hydrogen (secondary N) is 1. The Balaban J connectivity index is 2.35. The molecule has 0 heterocycles. The maximum absolute atomic E-state index is 13.5. The first-order valence-electron chi connectivity index (χ1n) is 8.64. The number of ketones is 1. The lowest BCUT2D eigenvalue weighted by molar-refractivity contribution is -0.138. The topological polar surface area (TPSA) is 98.8 Å². The van der Waals surface area contributed by atoms with E-state index in [4.69, 9.17) is 8.92 Å². The van der Waals surface area contributed by atoms with Crippen LogP contribution in [0.5, 0.6) is 5.75 Å². The van der Waals surface area contributed by atoms with E-state index in [1.54, 1.807) is 0 Å². The van der Waals surface area contributed by atoms with Crippen LogP contribution in [0.25, 0.3) is 0 Å². The lowest BCUT2D eigenvalue weighted by Gasteiger charge is -2.23. The number of alkyl halides is 3. The lowest BCUT2D eigenvalue weighted by atomic mass is 9.96. The molecule has 29 heavy (non-hydrogen) atoms. The van der Waals surface area contributed by atoms with E-state index in [2.05, 4.69) is 5.32 Å². The molecule has 1 amide bonds. The minimum Gasteiger partial charge on any atom is -0.445 e. The van der Waals surface area contributed by atoms with Crippen LogP contribution in [-0.2, 0) is 32.4 Å². The van der Waals surface area contributed by atoms with E-state index >= 15 is 0 Å². The zero-order valence-electron chi connectivity index (χ0n) is 15.7. The number of alkyl carbamates (subject to hydrolysis) is 1. The molecule has 0 saturated carbocycles. The number of halogens is 3. The Hall–Kier alpha value is -2.56. The molecule has 1 atom stereocenters. The molecule has 1 unspecified atom stereocenters. The summed E-state index contributed by atoms with van der Waals surface area (Å²) in [5.74, 6) is -1.38. The summed E-state index contributed by atoms with van der Waals surface area (Å²) >= 11 is 0. The lowest BCUT2D eigenvalue weighted by Crippen LogP contribution is -2.32. The minimum absolute atomic E-state index is 0.00680. The van der Waals surface area contributed by atoms with E-state index in [1.165, 1.54) is 20.0 Å². The first-order chi connectivity index (χ1) is 13.5. The van der Waals surface area contributed by atoms with Gasteiger partial charge in [0.25, 0.3) is 0 Å². The van der Waals surface area contributed by atoms with Crippen LogP contribution in [-0.4, -0.2) is 32.6 Å². The van der Waals surface area contributed by atoms with Gasteiger partial charge in [-0.15, -0.1) is 0 Å². The minimum atomic E-state index is -4.92. The van der Waals surface area contributed by atoms with Crippen LogP contribution in [0.15, 0.2) is 29.8 Å². The molecular weight excluding hydrogens is 415 g/mol. The van der Waals surface area contributed by atoms with Gasteiger partial charge in [0.15, 0.2) is 11.5 Å². The van der Waals surface area contributed by atoms with Crippen LogP contribution in [0.2, 0.25) is 0 Å². The predicted octanol–water partition coefficient (Wildman–Crippen LogP) is 3.34. The summed E-state index contributed by atoms with van der Waals surface area (Å²) in [4.78, 5) is 22.8. The Morgan fingerprint density at radius 2 is 1.97 bits per heavy atom. The molecular formula is C18H20F3NO6S. The molecule has 1 N–H and O–H groups in total. The first-order valence-corrected chi connectivity index (χ1v) is 10.1. The number of amides is 1. The number of hydrogen-bond donors (Lipinski definition) is 1. The molecule has 0 aliphatic heterocycles. The van der Waals surface area contributed by atoms with Crippen LogP contribution in [0.3, 0.4) is 0 Å². The quantitative estimate of drug-likeness (QED) is 0.689. The highest BCUT2D eigenvalue weighted by Gasteiger charge is 2.39. The molecule has 0 saturated heterocycles. The number of rotatable bonds is 6. The molecule has 160 valence electrons. The van der Waals surface area contributed by atoms with E-state index in [9.17, 15) is 31.2 Å². The summed E-state index contributed by atoms with van der Waals surface area (Å²) in [5, 5.41) is 0.824. The highest BCUT2D eigenvalue weighted by Crippen LogP contribution is 2.38. The zero-order valence-corrected chi connectivity index (χ0v) is 16.5.